The number of amides is 1. The zero-order valence-corrected chi connectivity index (χ0v) is 12.9. The van der Waals surface area contributed by atoms with Crippen molar-refractivity contribution in [1.82, 2.24) is 25.6 Å². The van der Waals surface area contributed by atoms with Gasteiger partial charge in [0.1, 0.15) is 6.54 Å². The first-order valence-corrected chi connectivity index (χ1v) is 6.76. The molecule has 1 aromatic heterocycles. The first-order chi connectivity index (χ1) is 10.5. The molecular weight excluding hydrogens is 358 g/mol. The smallest absolute Gasteiger partial charge is 0.390 e. The third-order valence-electron chi connectivity index (χ3n) is 2.41. The second-order valence-electron chi connectivity index (χ2n) is 4.18. The maximum Gasteiger partial charge on any atom is 0.514 e. The van der Waals surface area contributed by atoms with Crippen molar-refractivity contribution in [3.05, 3.63) is 44.4 Å². The number of nitro groups is 1. The molecule has 1 heterocycles. The fourth-order valence-electron chi connectivity index (χ4n) is 1.46. The van der Waals surface area contributed by atoms with Gasteiger partial charge in [-0.15, -0.1) is 0 Å². The van der Waals surface area contributed by atoms with E-state index < -0.39 is 10.9 Å². The molecule has 1 amide bonds. The molecule has 0 aliphatic heterocycles. The molecule has 2 aromatic rings. The third kappa shape index (κ3) is 4.15. The quantitative estimate of drug-likeness (QED) is 0.479. The highest BCUT2D eigenvalue weighted by Gasteiger charge is 2.15. The molecule has 0 atom stereocenters. The zero-order chi connectivity index (χ0) is 16.1. The van der Waals surface area contributed by atoms with Gasteiger partial charge in [0.25, 0.3) is 5.91 Å². The summed E-state index contributed by atoms with van der Waals surface area (Å²) in [6, 6.07) is 6.83. The Morgan fingerprint density at radius 2 is 2.32 bits per heavy atom. The fraction of sp³-hybridized carbons (Fsp3) is 0.182. The minimum Gasteiger partial charge on any atom is -0.390 e. The van der Waals surface area contributed by atoms with Crippen LogP contribution in [0, 0.1) is 10.1 Å². The molecule has 1 N–H and O–H groups in total. The Hall–Kier alpha value is -2.69. The fourth-order valence-corrected chi connectivity index (χ4v) is 1.85. The van der Waals surface area contributed by atoms with Crippen molar-refractivity contribution in [2.75, 3.05) is 0 Å². The Morgan fingerprint density at radius 1 is 1.55 bits per heavy atom. The molecular formula is C11H10BrN7O3. The highest BCUT2D eigenvalue weighted by Crippen LogP contribution is 2.11. The van der Waals surface area contributed by atoms with Crippen molar-refractivity contribution in [2.24, 2.45) is 5.10 Å². The van der Waals surface area contributed by atoms with Gasteiger partial charge in [-0.3, -0.25) is 4.79 Å². The van der Waals surface area contributed by atoms with Crippen molar-refractivity contribution >= 4 is 33.5 Å². The van der Waals surface area contributed by atoms with E-state index in [1.54, 1.807) is 31.2 Å². The van der Waals surface area contributed by atoms with E-state index >= 15 is 0 Å². The number of hydrogen-bond donors (Lipinski definition) is 1. The molecule has 0 unspecified atom stereocenters. The lowest BCUT2D eigenvalue weighted by Gasteiger charge is -2.01. The van der Waals surface area contributed by atoms with Gasteiger partial charge in [-0.2, -0.15) is 5.10 Å². The van der Waals surface area contributed by atoms with Gasteiger partial charge in [-0.25, -0.2) is 5.43 Å². The van der Waals surface area contributed by atoms with Crippen LogP contribution >= 0.6 is 15.9 Å². The number of rotatable bonds is 5. The molecule has 11 heteroatoms. The Bertz CT molecular complexity index is 743. The van der Waals surface area contributed by atoms with Gasteiger partial charge in [0.15, 0.2) is 0 Å². The third-order valence-corrected chi connectivity index (χ3v) is 2.90. The predicted octanol–water partition coefficient (Wildman–Crippen LogP) is 1.15. The summed E-state index contributed by atoms with van der Waals surface area (Å²) in [5, 5.41) is 24.6. The maximum atomic E-state index is 11.9. The van der Waals surface area contributed by atoms with Crippen LogP contribution in [0.25, 0.3) is 0 Å². The molecule has 0 fully saturated rings. The van der Waals surface area contributed by atoms with Crippen molar-refractivity contribution in [2.45, 2.75) is 13.5 Å². The molecule has 0 radical (unpaired) electrons. The van der Waals surface area contributed by atoms with Gasteiger partial charge in [-0.05, 0) is 30.0 Å². The summed E-state index contributed by atoms with van der Waals surface area (Å²) in [7, 11) is 0. The number of nitrogens with one attached hydrogen (secondary N) is 1. The monoisotopic (exact) mass is 367 g/mol. The summed E-state index contributed by atoms with van der Waals surface area (Å²) in [5.41, 5.74) is 3.28. The largest absolute Gasteiger partial charge is 0.514 e. The number of nitrogens with zero attached hydrogens (tertiary/aromatic N) is 6. The lowest BCUT2D eigenvalue weighted by molar-refractivity contribution is -0.394. The minimum atomic E-state index is -0.745. The SMILES string of the molecule is C/C(Cn1nnc([N+](=O)[O-])n1)=N/NC(=O)c1cccc(Br)c1. The number of hydrazone groups is 1. The van der Waals surface area contributed by atoms with Crippen molar-refractivity contribution < 1.29 is 9.72 Å². The number of tetrazole rings is 1. The molecule has 22 heavy (non-hydrogen) atoms. The highest BCUT2D eigenvalue weighted by molar-refractivity contribution is 9.10. The molecule has 0 saturated carbocycles. The van der Waals surface area contributed by atoms with Gasteiger partial charge < -0.3 is 10.1 Å². The molecule has 0 spiro atoms. The number of aromatic nitrogens is 4. The molecule has 0 aliphatic rings. The number of benzene rings is 1. The van der Waals surface area contributed by atoms with Crippen LogP contribution in [0.4, 0.5) is 5.95 Å². The Kier molecular flexibility index (Phi) is 4.88. The van der Waals surface area contributed by atoms with E-state index in [1.807, 2.05) is 0 Å². The summed E-state index contributed by atoms with van der Waals surface area (Å²) in [4.78, 5) is 22.6. The van der Waals surface area contributed by atoms with E-state index in [0.29, 0.717) is 11.3 Å². The molecule has 1 aromatic carbocycles. The highest BCUT2D eigenvalue weighted by atomic mass is 79.9. The summed E-state index contributed by atoms with van der Waals surface area (Å²) in [6.07, 6.45) is 0. The first kappa shape index (κ1) is 15.7. The number of carbonyl (C=O) groups is 1. The van der Waals surface area contributed by atoms with Gasteiger partial charge in [0, 0.05) is 15.2 Å². The lowest BCUT2D eigenvalue weighted by Crippen LogP contribution is -2.21. The standard InChI is InChI=1S/C11H10BrN7O3/c1-7(6-18-16-11(15-17-18)19(21)22)13-14-10(20)8-3-2-4-9(12)5-8/h2-5H,6H2,1H3,(H,14,20)/b13-7-. The molecule has 0 bridgehead atoms. The minimum absolute atomic E-state index is 0.0691. The van der Waals surface area contributed by atoms with E-state index in [0.717, 1.165) is 9.27 Å². The number of halogens is 1. The maximum absolute atomic E-state index is 11.9. The van der Waals surface area contributed by atoms with E-state index in [1.165, 1.54) is 0 Å². The Morgan fingerprint density at radius 3 is 2.95 bits per heavy atom. The van der Waals surface area contributed by atoms with Gasteiger partial charge in [0.05, 0.1) is 15.9 Å². The number of hydrogen-bond acceptors (Lipinski definition) is 7. The molecule has 10 nitrogen and oxygen atoms in total. The Labute approximate surface area is 132 Å². The van der Waals surface area contributed by atoms with Crippen molar-refractivity contribution in [3.8, 4) is 0 Å². The molecule has 0 saturated heterocycles. The topological polar surface area (TPSA) is 128 Å². The number of carbonyl (C=O) groups excluding carboxylic acids is 1. The second-order valence-corrected chi connectivity index (χ2v) is 5.09. The van der Waals surface area contributed by atoms with Crippen LogP contribution in [0.15, 0.2) is 33.8 Å². The van der Waals surface area contributed by atoms with E-state index in [-0.39, 0.29) is 12.5 Å². The van der Waals surface area contributed by atoms with Gasteiger partial charge in [0.2, 0.25) is 0 Å². The van der Waals surface area contributed by atoms with Crippen LogP contribution < -0.4 is 5.43 Å². The van der Waals surface area contributed by atoms with Crippen LogP contribution in [-0.2, 0) is 6.54 Å². The average Bonchev–Trinajstić information content (AvgIpc) is 2.93. The van der Waals surface area contributed by atoms with Crippen molar-refractivity contribution in [3.63, 3.8) is 0 Å². The summed E-state index contributed by atoms with van der Waals surface area (Å²) < 4.78 is 0.778. The normalized spacial score (nSPS) is 11.3. The summed E-state index contributed by atoms with van der Waals surface area (Å²) in [6.45, 7) is 1.69. The van der Waals surface area contributed by atoms with Crippen LogP contribution in [0.2, 0.25) is 0 Å². The van der Waals surface area contributed by atoms with Crippen LogP contribution in [0.3, 0.4) is 0 Å². The van der Waals surface area contributed by atoms with E-state index in [9.17, 15) is 14.9 Å². The van der Waals surface area contributed by atoms with Crippen molar-refractivity contribution in [1.29, 1.82) is 0 Å². The first-order valence-electron chi connectivity index (χ1n) is 5.97. The lowest BCUT2D eigenvalue weighted by atomic mass is 10.2. The molecule has 2 rings (SSSR count). The Balaban J connectivity index is 1.97. The van der Waals surface area contributed by atoms with Crippen LogP contribution in [-0.4, -0.2) is 36.7 Å². The molecule has 114 valence electrons. The molecule has 0 aliphatic carbocycles. The summed E-state index contributed by atoms with van der Waals surface area (Å²) >= 11 is 3.27. The van der Waals surface area contributed by atoms with Crippen LogP contribution in [0.1, 0.15) is 17.3 Å². The van der Waals surface area contributed by atoms with Gasteiger partial charge in [-0.1, -0.05) is 26.8 Å². The predicted molar refractivity (Wildman–Crippen MR) is 79.2 cm³/mol. The zero-order valence-electron chi connectivity index (χ0n) is 11.3. The van der Waals surface area contributed by atoms with Gasteiger partial charge >= 0.3 is 5.95 Å². The average molecular weight is 368 g/mol. The van der Waals surface area contributed by atoms with E-state index in [4.69, 9.17) is 0 Å². The second kappa shape index (κ2) is 6.85. The summed E-state index contributed by atoms with van der Waals surface area (Å²) in [5.74, 6) is -0.968. The van der Waals surface area contributed by atoms with Crippen LogP contribution in [0.5, 0.6) is 0 Å². The van der Waals surface area contributed by atoms with E-state index in [2.05, 4.69) is 41.9 Å².